The van der Waals surface area contributed by atoms with Gasteiger partial charge in [0, 0.05) is 6.54 Å². The molecule has 108 valence electrons. The Labute approximate surface area is 129 Å². The molecule has 0 aliphatic carbocycles. The average molecular weight is 313 g/mol. The number of hydrogen-bond acceptors (Lipinski definition) is 4. The molecule has 1 aromatic heterocycles. The van der Waals surface area contributed by atoms with Crippen molar-refractivity contribution in [1.82, 2.24) is 15.3 Å². The van der Waals surface area contributed by atoms with Crippen molar-refractivity contribution in [1.29, 1.82) is 0 Å². The number of para-hydroxylation sites is 2. The Morgan fingerprint density at radius 2 is 2.00 bits per heavy atom. The third-order valence-corrected chi connectivity index (χ3v) is 3.75. The van der Waals surface area contributed by atoms with Gasteiger partial charge in [-0.2, -0.15) is 0 Å². The molecular formula is C14H18Cl2N4. The number of nitrogens with one attached hydrogen (secondary N) is 2. The van der Waals surface area contributed by atoms with Crippen molar-refractivity contribution < 1.29 is 0 Å². The van der Waals surface area contributed by atoms with Gasteiger partial charge >= 0.3 is 0 Å². The SMILES string of the molecule is Cl.Clc1nc2ccccc2nc1NCC1CCCNC1. The molecule has 1 fully saturated rings. The average Bonchev–Trinajstić information content (AvgIpc) is 2.46. The summed E-state index contributed by atoms with van der Waals surface area (Å²) in [6.07, 6.45) is 2.49. The predicted octanol–water partition coefficient (Wildman–Crippen LogP) is 3.12. The first-order valence-corrected chi connectivity index (χ1v) is 7.07. The summed E-state index contributed by atoms with van der Waals surface area (Å²) in [6, 6.07) is 7.77. The molecule has 1 atom stereocenters. The molecule has 20 heavy (non-hydrogen) atoms. The topological polar surface area (TPSA) is 49.8 Å². The van der Waals surface area contributed by atoms with Gasteiger partial charge in [0.25, 0.3) is 0 Å². The predicted molar refractivity (Wildman–Crippen MR) is 85.9 cm³/mol. The van der Waals surface area contributed by atoms with Crippen molar-refractivity contribution in [2.24, 2.45) is 5.92 Å². The molecule has 0 radical (unpaired) electrons. The zero-order valence-corrected chi connectivity index (χ0v) is 12.7. The van der Waals surface area contributed by atoms with Crippen LogP contribution in [0.15, 0.2) is 24.3 Å². The van der Waals surface area contributed by atoms with Crippen molar-refractivity contribution in [3.8, 4) is 0 Å². The van der Waals surface area contributed by atoms with E-state index >= 15 is 0 Å². The van der Waals surface area contributed by atoms with Crippen LogP contribution in [0.3, 0.4) is 0 Å². The van der Waals surface area contributed by atoms with E-state index < -0.39 is 0 Å². The first-order chi connectivity index (χ1) is 9.33. The summed E-state index contributed by atoms with van der Waals surface area (Å²) in [5, 5.41) is 7.18. The largest absolute Gasteiger partial charge is 0.367 e. The van der Waals surface area contributed by atoms with Crippen LogP contribution < -0.4 is 10.6 Å². The van der Waals surface area contributed by atoms with Crippen LogP contribution in [0.1, 0.15) is 12.8 Å². The first-order valence-electron chi connectivity index (χ1n) is 6.70. The lowest BCUT2D eigenvalue weighted by Gasteiger charge is -2.23. The van der Waals surface area contributed by atoms with Gasteiger partial charge in [0.05, 0.1) is 11.0 Å². The van der Waals surface area contributed by atoms with Gasteiger partial charge in [0.1, 0.15) is 0 Å². The van der Waals surface area contributed by atoms with Crippen LogP contribution in [0.5, 0.6) is 0 Å². The van der Waals surface area contributed by atoms with E-state index in [0.717, 1.165) is 30.7 Å². The fraction of sp³-hybridized carbons (Fsp3) is 0.429. The summed E-state index contributed by atoms with van der Waals surface area (Å²) in [4.78, 5) is 8.90. The molecule has 1 aliphatic rings. The van der Waals surface area contributed by atoms with Crippen molar-refractivity contribution >= 4 is 40.9 Å². The minimum Gasteiger partial charge on any atom is -0.367 e. The molecule has 1 unspecified atom stereocenters. The standard InChI is InChI=1S/C14H17ClN4.ClH/c15-13-14(17-9-10-4-3-7-16-8-10)19-12-6-2-1-5-11(12)18-13;/h1-2,5-6,10,16H,3-4,7-9H2,(H,17,19);1H. The van der Waals surface area contributed by atoms with Crippen LogP contribution in [-0.2, 0) is 0 Å². The number of rotatable bonds is 3. The molecule has 1 aliphatic heterocycles. The maximum Gasteiger partial charge on any atom is 0.172 e. The van der Waals surface area contributed by atoms with Crippen molar-refractivity contribution in [3.63, 3.8) is 0 Å². The first kappa shape index (κ1) is 15.3. The number of anilines is 1. The lowest BCUT2D eigenvalue weighted by molar-refractivity contribution is 0.392. The third-order valence-electron chi connectivity index (χ3n) is 3.49. The number of hydrogen-bond donors (Lipinski definition) is 2. The van der Waals surface area contributed by atoms with Gasteiger partial charge in [-0.25, -0.2) is 9.97 Å². The molecule has 4 nitrogen and oxygen atoms in total. The van der Waals surface area contributed by atoms with E-state index in [-0.39, 0.29) is 12.4 Å². The molecule has 0 spiro atoms. The van der Waals surface area contributed by atoms with Crippen LogP contribution >= 0.6 is 24.0 Å². The van der Waals surface area contributed by atoms with Gasteiger partial charge in [-0.15, -0.1) is 12.4 Å². The molecule has 2 N–H and O–H groups in total. The summed E-state index contributed by atoms with van der Waals surface area (Å²) in [5.74, 6) is 1.32. The van der Waals surface area contributed by atoms with Crippen LogP contribution in [0.25, 0.3) is 11.0 Å². The van der Waals surface area contributed by atoms with E-state index in [9.17, 15) is 0 Å². The van der Waals surface area contributed by atoms with Crippen LogP contribution in [0.4, 0.5) is 5.82 Å². The second kappa shape index (κ2) is 7.07. The van der Waals surface area contributed by atoms with Gasteiger partial charge in [-0.3, -0.25) is 0 Å². The molecule has 3 rings (SSSR count). The van der Waals surface area contributed by atoms with Gasteiger partial charge in [-0.05, 0) is 44.0 Å². The molecule has 2 heterocycles. The Kier molecular flexibility index (Phi) is 5.40. The maximum atomic E-state index is 6.17. The van der Waals surface area contributed by atoms with E-state index in [1.807, 2.05) is 24.3 Å². The summed E-state index contributed by atoms with van der Waals surface area (Å²) >= 11 is 6.17. The number of piperidine rings is 1. The highest BCUT2D eigenvalue weighted by Gasteiger charge is 2.14. The molecule has 0 bridgehead atoms. The molecule has 6 heteroatoms. The fourth-order valence-corrected chi connectivity index (χ4v) is 2.63. The third kappa shape index (κ3) is 3.51. The molecule has 0 saturated carbocycles. The molecule has 1 aromatic carbocycles. The number of nitrogens with zero attached hydrogens (tertiary/aromatic N) is 2. The van der Waals surface area contributed by atoms with Gasteiger partial charge in [0.15, 0.2) is 11.0 Å². The molecule has 1 saturated heterocycles. The quantitative estimate of drug-likeness (QED) is 0.914. The fourth-order valence-electron chi connectivity index (χ4n) is 2.43. The number of benzene rings is 1. The Hall–Kier alpha value is -1.10. The molecule has 0 amide bonds. The lowest BCUT2D eigenvalue weighted by Crippen LogP contribution is -2.33. The van der Waals surface area contributed by atoms with E-state index in [1.54, 1.807) is 0 Å². The van der Waals surface area contributed by atoms with Crippen molar-refractivity contribution in [3.05, 3.63) is 29.4 Å². The second-order valence-corrected chi connectivity index (χ2v) is 5.30. The van der Waals surface area contributed by atoms with Gasteiger partial charge in [-0.1, -0.05) is 23.7 Å². The van der Waals surface area contributed by atoms with Crippen molar-refractivity contribution in [2.45, 2.75) is 12.8 Å². The Balaban J connectivity index is 0.00000147. The van der Waals surface area contributed by atoms with Crippen LogP contribution in [0, 0.1) is 5.92 Å². The van der Waals surface area contributed by atoms with Crippen molar-refractivity contribution in [2.75, 3.05) is 25.0 Å². The molecule has 2 aromatic rings. The summed E-state index contributed by atoms with van der Waals surface area (Å²) in [6.45, 7) is 3.08. The highest BCUT2D eigenvalue weighted by molar-refractivity contribution is 6.32. The smallest absolute Gasteiger partial charge is 0.172 e. The summed E-state index contributed by atoms with van der Waals surface area (Å²) in [7, 11) is 0. The number of fused-ring (bicyclic) bond motifs is 1. The van der Waals surface area contributed by atoms with E-state index in [1.165, 1.54) is 12.8 Å². The zero-order chi connectivity index (χ0) is 13.1. The van der Waals surface area contributed by atoms with Crippen LogP contribution in [-0.4, -0.2) is 29.6 Å². The second-order valence-electron chi connectivity index (χ2n) is 4.95. The Bertz CT molecular complexity index is 570. The highest BCUT2D eigenvalue weighted by atomic mass is 35.5. The van der Waals surface area contributed by atoms with E-state index in [0.29, 0.717) is 16.9 Å². The maximum absolute atomic E-state index is 6.17. The van der Waals surface area contributed by atoms with Crippen LogP contribution in [0.2, 0.25) is 5.15 Å². The van der Waals surface area contributed by atoms with Gasteiger partial charge < -0.3 is 10.6 Å². The Morgan fingerprint density at radius 3 is 2.70 bits per heavy atom. The minimum absolute atomic E-state index is 0. The summed E-state index contributed by atoms with van der Waals surface area (Å²) < 4.78 is 0. The minimum atomic E-state index is 0. The highest BCUT2D eigenvalue weighted by Crippen LogP contribution is 2.21. The Morgan fingerprint density at radius 1 is 1.25 bits per heavy atom. The number of aromatic nitrogens is 2. The molecular weight excluding hydrogens is 295 g/mol. The monoisotopic (exact) mass is 312 g/mol. The lowest BCUT2D eigenvalue weighted by atomic mass is 10.00. The summed E-state index contributed by atoms with van der Waals surface area (Å²) in [5.41, 5.74) is 1.70. The number of halogens is 2. The van der Waals surface area contributed by atoms with Gasteiger partial charge in [0.2, 0.25) is 0 Å². The van der Waals surface area contributed by atoms with E-state index in [4.69, 9.17) is 11.6 Å². The van der Waals surface area contributed by atoms with E-state index in [2.05, 4.69) is 20.6 Å². The zero-order valence-electron chi connectivity index (χ0n) is 11.1. The normalized spacial score (nSPS) is 18.6.